The van der Waals surface area contributed by atoms with Gasteiger partial charge in [0.25, 0.3) is 0 Å². The monoisotopic (exact) mass is 131 g/mol. The third-order valence-corrected chi connectivity index (χ3v) is 1.11. The molecule has 0 aromatic rings. The zero-order valence-electron chi connectivity index (χ0n) is 5.92. The molecule has 0 saturated heterocycles. The normalized spacial score (nSPS) is 9.22. The lowest BCUT2D eigenvalue weighted by Gasteiger charge is -2.05. The summed E-state index contributed by atoms with van der Waals surface area (Å²) in [5, 5.41) is 9.17. The van der Waals surface area contributed by atoms with Crippen LogP contribution >= 0.6 is 0 Å². The molecule has 0 aliphatic carbocycles. The van der Waals surface area contributed by atoms with Crippen LogP contribution in [0.25, 0.3) is 0 Å². The van der Waals surface area contributed by atoms with Crippen LogP contribution in [0.3, 0.4) is 0 Å². The smallest absolute Gasteiger partial charge is 0.245 e. The molecule has 3 heteroatoms. The van der Waals surface area contributed by atoms with Crippen LogP contribution in [0.15, 0.2) is 0 Å². The molecule has 0 bridgehead atoms. The third-order valence-electron chi connectivity index (χ3n) is 1.11. The average molecular weight is 131 g/mol. The second-order valence-electron chi connectivity index (χ2n) is 2.02. The number of rotatable bonds is 3. The van der Waals surface area contributed by atoms with E-state index in [9.17, 15) is 4.79 Å². The summed E-state index contributed by atoms with van der Waals surface area (Å²) in [6.45, 7) is 2.00. The van der Waals surface area contributed by atoms with Crippen LogP contribution in [-0.4, -0.2) is 23.2 Å². The maximum Gasteiger partial charge on any atom is 0.245 e. The highest BCUT2D eigenvalue weighted by Gasteiger charge is 2.02. The van der Waals surface area contributed by atoms with E-state index in [1.165, 1.54) is 7.05 Å². The van der Waals surface area contributed by atoms with Crippen LogP contribution < -0.4 is 0 Å². The molecule has 0 aromatic carbocycles. The van der Waals surface area contributed by atoms with Crippen LogP contribution in [0.1, 0.15) is 26.2 Å². The summed E-state index contributed by atoms with van der Waals surface area (Å²) in [6.07, 6.45) is 2.28. The molecule has 54 valence electrons. The van der Waals surface area contributed by atoms with Crippen molar-refractivity contribution in [1.82, 2.24) is 5.06 Å². The summed E-state index contributed by atoms with van der Waals surface area (Å²) in [6, 6.07) is 0. The number of hydrogen-bond acceptors (Lipinski definition) is 2. The Morgan fingerprint density at radius 1 is 1.67 bits per heavy atom. The van der Waals surface area contributed by atoms with Gasteiger partial charge in [-0.1, -0.05) is 13.3 Å². The fraction of sp³-hybridized carbons (Fsp3) is 0.833. The molecule has 0 fully saturated rings. The van der Waals surface area contributed by atoms with Crippen LogP contribution in [-0.2, 0) is 4.79 Å². The van der Waals surface area contributed by atoms with E-state index in [2.05, 4.69) is 0 Å². The first-order valence-corrected chi connectivity index (χ1v) is 3.14. The van der Waals surface area contributed by atoms with Gasteiger partial charge >= 0.3 is 0 Å². The van der Waals surface area contributed by atoms with Gasteiger partial charge in [0.05, 0.1) is 0 Å². The molecule has 0 heterocycles. The molecule has 0 saturated carbocycles. The van der Waals surface area contributed by atoms with E-state index in [0.29, 0.717) is 11.5 Å². The molecule has 0 aliphatic heterocycles. The standard InChI is InChI=1S/C6H13NO2/c1-3-4-5-6(8)7(2)9/h9H,3-5H2,1-2H3. The molecular weight excluding hydrogens is 118 g/mol. The number of amides is 1. The Hall–Kier alpha value is -0.570. The van der Waals surface area contributed by atoms with Gasteiger partial charge in [0.1, 0.15) is 0 Å². The summed E-state index contributed by atoms with van der Waals surface area (Å²) in [4.78, 5) is 10.6. The van der Waals surface area contributed by atoms with Crippen molar-refractivity contribution in [3.05, 3.63) is 0 Å². The minimum atomic E-state index is -0.211. The summed E-state index contributed by atoms with van der Waals surface area (Å²) in [5.74, 6) is -0.211. The van der Waals surface area contributed by atoms with E-state index in [4.69, 9.17) is 5.21 Å². The van der Waals surface area contributed by atoms with Gasteiger partial charge in [0.15, 0.2) is 0 Å². The first kappa shape index (κ1) is 8.43. The average Bonchev–Trinajstić information content (AvgIpc) is 1.82. The van der Waals surface area contributed by atoms with E-state index >= 15 is 0 Å². The predicted molar refractivity (Wildman–Crippen MR) is 34.1 cm³/mol. The van der Waals surface area contributed by atoms with E-state index in [0.717, 1.165) is 12.8 Å². The minimum absolute atomic E-state index is 0.211. The third kappa shape index (κ3) is 3.97. The maximum atomic E-state index is 10.6. The summed E-state index contributed by atoms with van der Waals surface area (Å²) in [7, 11) is 1.35. The Labute approximate surface area is 55.2 Å². The lowest BCUT2D eigenvalue weighted by atomic mass is 10.2. The summed E-state index contributed by atoms with van der Waals surface area (Å²) >= 11 is 0. The fourth-order valence-corrected chi connectivity index (χ4v) is 0.490. The molecule has 1 amide bonds. The number of carbonyl (C=O) groups is 1. The molecule has 0 radical (unpaired) electrons. The zero-order chi connectivity index (χ0) is 7.28. The second kappa shape index (κ2) is 4.32. The van der Waals surface area contributed by atoms with Crippen LogP contribution in [0, 0.1) is 0 Å². The van der Waals surface area contributed by atoms with E-state index in [-0.39, 0.29) is 5.91 Å². The van der Waals surface area contributed by atoms with Crippen molar-refractivity contribution < 1.29 is 10.0 Å². The minimum Gasteiger partial charge on any atom is -0.286 e. The highest BCUT2D eigenvalue weighted by Crippen LogP contribution is 1.95. The highest BCUT2D eigenvalue weighted by atomic mass is 16.5. The van der Waals surface area contributed by atoms with Crippen LogP contribution in [0.5, 0.6) is 0 Å². The molecule has 9 heavy (non-hydrogen) atoms. The molecule has 1 N–H and O–H groups in total. The fourth-order valence-electron chi connectivity index (χ4n) is 0.490. The quantitative estimate of drug-likeness (QED) is 0.459. The number of hydroxylamine groups is 2. The molecule has 0 spiro atoms. The van der Waals surface area contributed by atoms with Crippen LogP contribution in [0.4, 0.5) is 0 Å². The molecule has 0 aromatic heterocycles. The Kier molecular flexibility index (Phi) is 4.05. The molecule has 0 aliphatic rings. The van der Waals surface area contributed by atoms with Gasteiger partial charge in [-0.3, -0.25) is 10.0 Å². The SMILES string of the molecule is CCCCC(=O)N(C)O. The molecule has 0 unspecified atom stereocenters. The largest absolute Gasteiger partial charge is 0.286 e. The number of unbranched alkanes of at least 4 members (excludes halogenated alkanes) is 1. The lowest BCUT2D eigenvalue weighted by Crippen LogP contribution is -2.21. The lowest BCUT2D eigenvalue weighted by molar-refractivity contribution is -0.159. The zero-order valence-corrected chi connectivity index (χ0v) is 5.92. The predicted octanol–water partition coefficient (Wildman–Crippen LogP) is 1.02. The van der Waals surface area contributed by atoms with Gasteiger partial charge in [-0.15, -0.1) is 0 Å². The summed E-state index contributed by atoms with van der Waals surface area (Å²) in [5.41, 5.74) is 0. The van der Waals surface area contributed by atoms with Crippen molar-refractivity contribution in [2.24, 2.45) is 0 Å². The van der Waals surface area contributed by atoms with E-state index in [1.54, 1.807) is 0 Å². The number of carbonyl (C=O) groups excluding carboxylic acids is 1. The first-order valence-electron chi connectivity index (χ1n) is 3.14. The van der Waals surface area contributed by atoms with Crippen molar-refractivity contribution in [2.45, 2.75) is 26.2 Å². The van der Waals surface area contributed by atoms with Crippen LogP contribution in [0.2, 0.25) is 0 Å². The van der Waals surface area contributed by atoms with Gasteiger partial charge in [0, 0.05) is 13.5 Å². The Balaban J connectivity index is 3.28. The van der Waals surface area contributed by atoms with Gasteiger partial charge in [-0.05, 0) is 6.42 Å². The summed E-state index contributed by atoms with van der Waals surface area (Å²) < 4.78 is 0. The van der Waals surface area contributed by atoms with Crippen molar-refractivity contribution in [1.29, 1.82) is 0 Å². The maximum absolute atomic E-state index is 10.6. The first-order chi connectivity index (χ1) is 4.18. The highest BCUT2D eigenvalue weighted by molar-refractivity contribution is 5.74. The van der Waals surface area contributed by atoms with Crippen molar-refractivity contribution in [3.8, 4) is 0 Å². The van der Waals surface area contributed by atoms with Crippen molar-refractivity contribution >= 4 is 5.91 Å². The number of nitrogens with zero attached hydrogens (tertiary/aromatic N) is 1. The topological polar surface area (TPSA) is 40.5 Å². The number of hydrogen-bond donors (Lipinski definition) is 1. The molecule has 0 atom stereocenters. The Bertz CT molecular complexity index is 91.1. The Morgan fingerprint density at radius 3 is 2.56 bits per heavy atom. The van der Waals surface area contributed by atoms with Crippen molar-refractivity contribution in [3.63, 3.8) is 0 Å². The van der Waals surface area contributed by atoms with Crippen molar-refractivity contribution in [2.75, 3.05) is 7.05 Å². The Morgan fingerprint density at radius 2 is 2.22 bits per heavy atom. The van der Waals surface area contributed by atoms with Gasteiger partial charge < -0.3 is 0 Å². The molecular formula is C6H13NO2. The van der Waals surface area contributed by atoms with Gasteiger partial charge in [-0.2, -0.15) is 0 Å². The van der Waals surface area contributed by atoms with E-state index in [1.807, 2.05) is 6.92 Å². The van der Waals surface area contributed by atoms with E-state index < -0.39 is 0 Å². The second-order valence-corrected chi connectivity index (χ2v) is 2.02. The van der Waals surface area contributed by atoms with Gasteiger partial charge in [-0.25, -0.2) is 5.06 Å². The molecule has 3 nitrogen and oxygen atoms in total. The van der Waals surface area contributed by atoms with Gasteiger partial charge in [0.2, 0.25) is 5.91 Å². The molecule has 0 rings (SSSR count).